The molecule has 0 aliphatic rings. The zero-order chi connectivity index (χ0) is 17.0. The van der Waals surface area contributed by atoms with Gasteiger partial charge in [-0.2, -0.15) is 0 Å². The van der Waals surface area contributed by atoms with Gasteiger partial charge in [-0.15, -0.1) is 0 Å². The summed E-state index contributed by atoms with van der Waals surface area (Å²) in [6.07, 6.45) is 0.539. The molecule has 0 heterocycles. The molecule has 23 heavy (non-hydrogen) atoms. The fourth-order valence-corrected chi connectivity index (χ4v) is 2.57. The van der Waals surface area contributed by atoms with Gasteiger partial charge in [0.25, 0.3) is 5.91 Å². The minimum atomic E-state index is -3.70. The number of rotatable bonds is 5. The van der Waals surface area contributed by atoms with Crippen molar-refractivity contribution in [3.8, 4) is 0 Å². The van der Waals surface area contributed by atoms with Crippen LogP contribution in [0.3, 0.4) is 0 Å². The van der Waals surface area contributed by atoms with E-state index in [1.807, 2.05) is 0 Å². The molecule has 0 saturated heterocycles. The van der Waals surface area contributed by atoms with Crippen molar-refractivity contribution in [2.45, 2.75) is 18.2 Å². The molecule has 0 fully saturated rings. The summed E-state index contributed by atoms with van der Waals surface area (Å²) in [4.78, 5) is 12.0. The van der Waals surface area contributed by atoms with Crippen LogP contribution in [-0.2, 0) is 16.4 Å². The largest absolute Gasteiger partial charge is 0.352 e. The Morgan fingerprint density at radius 1 is 1.17 bits per heavy atom. The van der Waals surface area contributed by atoms with Crippen LogP contribution in [0.25, 0.3) is 0 Å². The molecule has 122 valence electrons. The lowest BCUT2D eigenvalue weighted by Gasteiger charge is -2.07. The quantitative estimate of drug-likeness (QED) is 0.872. The number of nitrogens with one attached hydrogen (secondary N) is 1. The molecule has 0 bridgehead atoms. The van der Waals surface area contributed by atoms with Crippen molar-refractivity contribution in [3.05, 3.63) is 65.0 Å². The smallest absolute Gasteiger partial charge is 0.251 e. The molecule has 2 aromatic carbocycles. The number of sulfonamides is 1. The Labute approximate surface area is 134 Å². The van der Waals surface area contributed by atoms with Gasteiger partial charge in [0, 0.05) is 12.1 Å². The van der Waals surface area contributed by atoms with Crippen molar-refractivity contribution >= 4 is 15.9 Å². The number of amides is 1. The van der Waals surface area contributed by atoms with Gasteiger partial charge in [-0.25, -0.2) is 17.9 Å². The fraction of sp³-hybridized carbons (Fsp3) is 0.188. The topological polar surface area (TPSA) is 89.3 Å². The van der Waals surface area contributed by atoms with E-state index in [1.165, 1.54) is 30.3 Å². The van der Waals surface area contributed by atoms with Gasteiger partial charge in [0.1, 0.15) is 5.82 Å². The maximum atomic E-state index is 13.2. The van der Waals surface area contributed by atoms with Crippen LogP contribution in [0, 0.1) is 12.7 Å². The summed E-state index contributed by atoms with van der Waals surface area (Å²) in [7, 11) is -3.70. The summed E-state index contributed by atoms with van der Waals surface area (Å²) in [5.74, 6) is -0.634. The molecule has 1 amide bonds. The second-order valence-electron chi connectivity index (χ2n) is 5.16. The minimum Gasteiger partial charge on any atom is -0.352 e. The summed E-state index contributed by atoms with van der Waals surface area (Å²) in [5, 5.41) is 7.76. The van der Waals surface area contributed by atoms with Crippen molar-refractivity contribution < 1.29 is 17.6 Å². The van der Waals surface area contributed by atoms with E-state index in [2.05, 4.69) is 5.32 Å². The van der Waals surface area contributed by atoms with Gasteiger partial charge in [0.2, 0.25) is 10.0 Å². The first kappa shape index (κ1) is 17.1. The van der Waals surface area contributed by atoms with E-state index < -0.39 is 10.0 Å². The molecular formula is C16H17FN2O3S. The summed E-state index contributed by atoms with van der Waals surface area (Å²) >= 11 is 0. The molecule has 2 rings (SSSR count). The van der Waals surface area contributed by atoms with Crippen molar-refractivity contribution in [2.24, 2.45) is 5.14 Å². The Bertz CT molecular complexity index is 818. The number of benzene rings is 2. The highest BCUT2D eigenvalue weighted by molar-refractivity contribution is 7.89. The molecule has 7 heteroatoms. The highest BCUT2D eigenvalue weighted by atomic mass is 32.2. The maximum Gasteiger partial charge on any atom is 0.251 e. The first-order valence-corrected chi connectivity index (χ1v) is 8.48. The maximum absolute atomic E-state index is 13.2. The number of carbonyl (C=O) groups excluding carboxylic acids is 1. The van der Waals surface area contributed by atoms with Crippen LogP contribution < -0.4 is 10.5 Å². The minimum absolute atomic E-state index is 0.0482. The third-order valence-electron chi connectivity index (χ3n) is 3.37. The van der Waals surface area contributed by atoms with E-state index in [-0.39, 0.29) is 16.6 Å². The summed E-state index contributed by atoms with van der Waals surface area (Å²) in [6.45, 7) is 1.98. The molecule has 0 radical (unpaired) electrons. The molecule has 0 spiro atoms. The van der Waals surface area contributed by atoms with Crippen LogP contribution >= 0.6 is 0 Å². The van der Waals surface area contributed by atoms with Gasteiger partial charge in [-0.1, -0.05) is 12.1 Å². The van der Waals surface area contributed by atoms with Crippen LogP contribution in [0.5, 0.6) is 0 Å². The van der Waals surface area contributed by atoms with Gasteiger partial charge >= 0.3 is 0 Å². The van der Waals surface area contributed by atoms with Gasteiger partial charge in [0.15, 0.2) is 0 Å². The highest BCUT2D eigenvalue weighted by Gasteiger charge is 2.08. The Kier molecular flexibility index (Phi) is 5.12. The molecule has 3 N–H and O–H groups in total. The second kappa shape index (κ2) is 6.89. The van der Waals surface area contributed by atoms with Crippen LogP contribution in [0.4, 0.5) is 4.39 Å². The second-order valence-corrected chi connectivity index (χ2v) is 6.72. The van der Waals surface area contributed by atoms with Crippen molar-refractivity contribution in [1.82, 2.24) is 5.32 Å². The lowest BCUT2D eigenvalue weighted by atomic mass is 10.1. The lowest BCUT2D eigenvalue weighted by Crippen LogP contribution is -2.25. The molecule has 5 nitrogen and oxygen atoms in total. The van der Waals surface area contributed by atoms with Crippen molar-refractivity contribution in [3.63, 3.8) is 0 Å². The highest BCUT2D eigenvalue weighted by Crippen LogP contribution is 2.10. The number of carbonyl (C=O) groups is 1. The number of halogens is 1. The molecular weight excluding hydrogens is 319 g/mol. The number of hydrogen-bond donors (Lipinski definition) is 2. The van der Waals surface area contributed by atoms with Gasteiger partial charge in [-0.3, -0.25) is 4.79 Å². The van der Waals surface area contributed by atoms with Gasteiger partial charge < -0.3 is 5.32 Å². The Hall–Kier alpha value is -2.25. The van der Waals surface area contributed by atoms with E-state index in [0.29, 0.717) is 24.1 Å². The predicted octanol–water partition coefficient (Wildman–Crippen LogP) is 1.75. The number of aryl methyl sites for hydroxylation is 1. The molecule has 0 aliphatic heterocycles. The molecule has 0 atom stereocenters. The molecule has 0 saturated carbocycles. The normalized spacial score (nSPS) is 11.3. The Morgan fingerprint density at radius 2 is 1.83 bits per heavy atom. The lowest BCUT2D eigenvalue weighted by molar-refractivity contribution is 0.0954. The zero-order valence-corrected chi connectivity index (χ0v) is 13.4. The van der Waals surface area contributed by atoms with Crippen LogP contribution in [0.1, 0.15) is 21.5 Å². The third kappa shape index (κ3) is 4.61. The summed E-state index contributed by atoms with van der Waals surface area (Å²) in [6, 6.07) is 10.3. The van der Waals surface area contributed by atoms with E-state index in [9.17, 15) is 17.6 Å². The predicted molar refractivity (Wildman–Crippen MR) is 85.0 cm³/mol. The summed E-state index contributed by atoms with van der Waals surface area (Å²) < 4.78 is 35.5. The number of nitrogens with two attached hydrogens (primary N) is 1. The Morgan fingerprint density at radius 3 is 2.39 bits per heavy atom. The number of hydrogen-bond acceptors (Lipinski definition) is 3. The molecule has 2 aromatic rings. The average molecular weight is 336 g/mol. The Balaban J connectivity index is 1.91. The SMILES string of the molecule is Cc1cc(C(=O)NCCc2ccc(S(N)(=O)=O)cc2)ccc1F. The monoisotopic (exact) mass is 336 g/mol. The van der Waals surface area contributed by atoms with Gasteiger partial charge in [0.05, 0.1) is 4.90 Å². The van der Waals surface area contributed by atoms with E-state index in [1.54, 1.807) is 19.1 Å². The summed E-state index contributed by atoms with van der Waals surface area (Å²) in [5.41, 5.74) is 1.68. The first-order valence-electron chi connectivity index (χ1n) is 6.93. The van der Waals surface area contributed by atoms with E-state index >= 15 is 0 Å². The molecule has 0 aromatic heterocycles. The first-order chi connectivity index (χ1) is 10.8. The van der Waals surface area contributed by atoms with Crippen LogP contribution in [0.15, 0.2) is 47.4 Å². The van der Waals surface area contributed by atoms with Gasteiger partial charge in [-0.05, 0) is 54.8 Å². The average Bonchev–Trinajstić information content (AvgIpc) is 2.49. The molecule has 0 unspecified atom stereocenters. The van der Waals surface area contributed by atoms with E-state index in [4.69, 9.17) is 5.14 Å². The van der Waals surface area contributed by atoms with E-state index in [0.717, 1.165) is 5.56 Å². The fourth-order valence-electron chi connectivity index (χ4n) is 2.05. The van der Waals surface area contributed by atoms with Crippen LogP contribution in [-0.4, -0.2) is 20.9 Å². The zero-order valence-electron chi connectivity index (χ0n) is 12.5. The molecule has 0 aliphatic carbocycles. The standard InChI is InChI=1S/C16H17FN2O3S/c1-11-10-13(4-7-15(11)17)16(20)19-9-8-12-2-5-14(6-3-12)23(18,21)22/h2-7,10H,8-9H2,1H3,(H,19,20)(H2,18,21,22). The van der Waals surface area contributed by atoms with Crippen molar-refractivity contribution in [1.29, 1.82) is 0 Å². The number of primary sulfonamides is 1. The third-order valence-corrected chi connectivity index (χ3v) is 4.30. The van der Waals surface area contributed by atoms with Crippen molar-refractivity contribution in [2.75, 3.05) is 6.54 Å². The van der Waals surface area contributed by atoms with Crippen LogP contribution in [0.2, 0.25) is 0 Å².